The van der Waals surface area contributed by atoms with E-state index >= 15 is 0 Å². The van der Waals surface area contributed by atoms with Gasteiger partial charge >= 0.3 is 0 Å². The Labute approximate surface area is 230 Å². The fraction of sp³-hybridized carbons (Fsp3) is 0.333. The van der Waals surface area contributed by atoms with E-state index in [-0.39, 0.29) is 0 Å². The van der Waals surface area contributed by atoms with Crippen LogP contribution in [-0.4, -0.2) is 17.7 Å². The molecule has 37 heavy (non-hydrogen) atoms. The number of likely N-dealkylation sites (N-methyl/N-ethyl adjacent to an activating group) is 1. The molecule has 0 aliphatic carbocycles. The first-order chi connectivity index (χ1) is 17.8. The summed E-state index contributed by atoms with van der Waals surface area (Å²) in [5, 5.41) is 7.11. The van der Waals surface area contributed by atoms with Crippen LogP contribution < -0.4 is 10.6 Å². The summed E-state index contributed by atoms with van der Waals surface area (Å²) in [6.07, 6.45) is 7.35. The minimum atomic E-state index is 0.410. The number of benzene rings is 2. The molecule has 0 radical (unpaired) electrons. The van der Waals surface area contributed by atoms with Crippen LogP contribution in [-0.2, 0) is 6.54 Å². The lowest BCUT2D eigenvalue weighted by Gasteiger charge is -2.16. The molecule has 1 aliphatic rings. The third kappa shape index (κ3) is 8.43. The van der Waals surface area contributed by atoms with Crippen molar-refractivity contribution in [2.75, 3.05) is 7.05 Å². The number of rotatable bonds is 7. The second-order valence-electron chi connectivity index (χ2n) is 9.19. The second-order valence-corrected chi connectivity index (χ2v) is 9.63. The summed E-state index contributed by atoms with van der Waals surface area (Å²) in [5.41, 5.74) is 8.57. The molecule has 4 heteroatoms. The molecule has 2 aromatic carbocycles. The van der Waals surface area contributed by atoms with Gasteiger partial charge < -0.3 is 15.2 Å². The normalized spacial score (nSPS) is 14.0. The van der Waals surface area contributed by atoms with Gasteiger partial charge in [-0.3, -0.25) is 0 Å². The molecule has 1 aliphatic heterocycles. The maximum absolute atomic E-state index is 6.04. The van der Waals surface area contributed by atoms with Crippen molar-refractivity contribution in [3.8, 4) is 11.3 Å². The van der Waals surface area contributed by atoms with E-state index in [0.29, 0.717) is 12.0 Å². The molecule has 2 N–H and O–H groups in total. The first kappa shape index (κ1) is 30.1. The molecule has 198 valence electrons. The molecule has 3 aromatic rings. The summed E-state index contributed by atoms with van der Waals surface area (Å²) in [6.45, 7) is 17.9. The van der Waals surface area contributed by atoms with Crippen LogP contribution in [0.2, 0.25) is 5.02 Å². The van der Waals surface area contributed by atoms with E-state index in [9.17, 15) is 0 Å². The second kappa shape index (κ2) is 15.2. The van der Waals surface area contributed by atoms with Gasteiger partial charge in [-0.25, -0.2) is 0 Å². The van der Waals surface area contributed by atoms with Crippen molar-refractivity contribution in [3.05, 3.63) is 113 Å². The van der Waals surface area contributed by atoms with Crippen molar-refractivity contribution in [2.45, 2.75) is 60.5 Å². The molecular formula is C33H44ClN3. The molecule has 0 fully saturated rings. The SMILES string of the molecule is C=C(c1cc(C)n(Cc2ccc(Cl)cc2)c1-c1ccccc1)C(C)C.CC.CCC1C=C(NC)C=CN1. The number of nitrogens with zero attached hydrogens (tertiary/aromatic N) is 1. The maximum Gasteiger partial charge on any atom is 0.0561 e. The van der Waals surface area contributed by atoms with Crippen LogP contribution in [0.3, 0.4) is 0 Å². The Bertz CT molecular complexity index is 1170. The van der Waals surface area contributed by atoms with Crippen LogP contribution in [0.5, 0.6) is 0 Å². The third-order valence-corrected chi connectivity index (χ3v) is 6.58. The van der Waals surface area contributed by atoms with E-state index in [2.05, 4.69) is 104 Å². The summed E-state index contributed by atoms with van der Waals surface area (Å²) in [5.74, 6) is 0.410. The number of hydrogen-bond donors (Lipinski definition) is 2. The molecular weight excluding hydrogens is 474 g/mol. The molecule has 1 atom stereocenters. The van der Waals surface area contributed by atoms with Crippen LogP contribution in [0.25, 0.3) is 16.8 Å². The van der Waals surface area contributed by atoms with E-state index in [1.54, 1.807) is 0 Å². The minimum absolute atomic E-state index is 0.410. The lowest BCUT2D eigenvalue weighted by Crippen LogP contribution is -2.26. The van der Waals surface area contributed by atoms with Gasteiger partial charge in [0.2, 0.25) is 0 Å². The highest BCUT2D eigenvalue weighted by Gasteiger charge is 2.18. The molecule has 0 spiro atoms. The van der Waals surface area contributed by atoms with Crippen molar-refractivity contribution >= 4 is 17.2 Å². The number of halogens is 1. The topological polar surface area (TPSA) is 29.0 Å². The molecule has 0 saturated heterocycles. The van der Waals surface area contributed by atoms with Gasteiger partial charge in [-0.15, -0.1) is 0 Å². The number of aryl methyl sites for hydroxylation is 1. The fourth-order valence-corrected chi connectivity index (χ4v) is 4.23. The van der Waals surface area contributed by atoms with Crippen LogP contribution in [0, 0.1) is 12.8 Å². The lowest BCUT2D eigenvalue weighted by atomic mass is 9.94. The largest absolute Gasteiger partial charge is 0.388 e. The highest BCUT2D eigenvalue weighted by atomic mass is 35.5. The third-order valence-electron chi connectivity index (χ3n) is 6.33. The number of dihydropyridines is 1. The Balaban J connectivity index is 0.000000336. The van der Waals surface area contributed by atoms with Crippen molar-refractivity contribution in [1.29, 1.82) is 0 Å². The Morgan fingerprint density at radius 2 is 1.73 bits per heavy atom. The number of allylic oxidation sites excluding steroid dienone is 2. The number of nitrogens with one attached hydrogen (secondary N) is 2. The Morgan fingerprint density at radius 3 is 2.30 bits per heavy atom. The quantitative estimate of drug-likeness (QED) is 0.327. The fourth-order valence-electron chi connectivity index (χ4n) is 4.10. The summed E-state index contributed by atoms with van der Waals surface area (Å²) >= 11 is 6.04. The highest BCUT2D eigenvalue weighted by molar-refractivity contribution is 6.30. The summed E-state index contributed by atoms with van der Waals surface area (Å²) in [6, 6.07) is 21.4. The number of hydrogen-bond acceptors (Lipinski definition) is 2. The molecule has 0 saturated carbocycles. The van der Waals surface area contributed by atoms with Gasteiger partial charge in [0.15, 0.2) is 0 Å². The van der Waals surface area contributed by atoms with Crippen LogP contribution in [0.1, 0.15) is 57.9 Å². The average molecular weight is 518 g/mol. The molecule has 1 aromatic heterocycles. The predicted molar refractivity (Wildman–Crippen MR) is 164 cm³/mol. The van der Waals surface area contributed by atoms with Crippen molar-refractivity contribution in [1.82, 2.24) is 15.2 Å². The van der Waals surface area contributed by atoms with Crippen LogP contribution in [0.15, 0.2) is 91.3 Å². The highest BCUT2D eigenvalue weighted by Crippen LogP contribution is 2.35. The van der Waals surface area contributed by atoms with Gasteiger partial charge in [0.1, 0.15) is 0 Å². The zero-order chi connectivity index (χ0) is 27.4. The first-order valence-corrected chi connectivity index (χ1v) is 13.7. The molecule has 2 heterocycles. The van der Waals surface area contributed by atoms with Gasteiger partial charge in [0.05, 0.1) is 5.69 Å². The average Bonchev–Trinajstić information content (AvgIpc) is 3.26. The van der Waals surface area contributed by atoms with Gasteiger partial charge in [0.25, 0.3) is 0 Å². The van der Waals surface area contributed by atoms with E-state index in [1.165, 1.54) is 39.3 Å². The van der Waals surface area contributed by atoms with Crippen LogP contribution >= 0.6 is 11.6 Å². The smallest absolute Gasteiger partial charge is 0.0561 e. The Morgan fingerprint density at radius 1 is 1.08 bits per heavy atom. The molecule has 0 bridgehead atoms. The van der Waals surface area contributed by atoms with Gasteiger partial charge in [-0.1, -0.05) is 95.3 Å². The van der Waals surface area contributed by atoms with E-state index in [1.807, 2.05) is 45.3 Å². The molecule has 1 unspecified atom stereocenters. The molecule has 0 amide bonds. The molecule has 3 nitrogen and oxygen atoms in total. The van der Waals surface area contributed by atoms with Crippen molar-refractivity contribution in [2.24, 2.45) is 5.92 Å². The number of aromatic nitrogens is 1. The zero-order valence-electron chi connectivity index (χ0n) is 23.6. The predicted octanol–water partition coefficient (Wildman–Crippen LogP) is 8.85. The van der Waals surface area contributed by atoms with Gasteiger partial charge in [0, 0.05) is 41.6 Å². The standard InChI is InChI=1S/C23H24ClN.C8H14N2.C2H6/c1-16(2)18(4)22-14-17(3)25(15-19-10-12-21(24)13-11-19)23(22)20-8-6-5-7-9-20;1-3-7-6-8(9-2)4-5-10-7;1-2/h5-14,16H,4,15H2,1-3H3;4-7,9-10H,3H2,1-2H3;1-2H3. The van der Waals surface area contributed by atoms with Crippen molar-refractivity contribution < 1.29 is 0 Å². The Kier molecular flexibility index (Phi) is 12.3. The zero-order valence-corrected chi connectivity index (χ0v) is 24.4. The Hall–Kier alpha value is -3.17. The first-order valence-electron chi connectivity index (χ1n) is 13.3. The van der Waals surface area contributed by atoms with Gasteiger partial charge in [-0.2, -0.15) is 0 Å². The summed E-state index contributed by atoms with van der Waals surface area (Å²) in [4.78, 5) is 0. The van der Waals surface area contributed by atoms with E-state index in [0.717, 1.165) is 18.0 Å². The summed E-state index contributed by atoms with van der Waals surface area (Å²) < 4.78 is 2.38. The maximum atomic E-state index is 6.04. The summed E-state index contributed by atoms with van der Waals surface area (Å²) in [7, 11) is 1.94. The van der Waals surface area contributed by atoms with Crippen LogP contribution in [0.4, 0.5) is 0 Å². The molecule has 4 rings (SSSR count). The van der Waals surface area contributed by atoms with Crippen molar-refractivity contribution in [3.63, 3.8) is 0 Å². The van der Waals surface area contributed by atoms with E-state index < -0.39 is 0 Å². The van der Waals surface area contributed by atoms with Gasteiger partial charge in [-0.05, 0) is 72.5 Å². The monoisotopic (exact) mass is 517 g/mol. The minimum Gasteiger partial charge on any atom is -0.388 e. The van der Waals surface area contributed by atoms with E-state index in [4.69, 9.17) is 11.6 Å². The lowest BCUT2D eigenvalue weighted by molar-refractivity contribution is 0.659.